The van der Waals surface area contributed by atoms with Crippen molar-refractivity contribution in [2.45, 2.75) is 10.9 Å². The molecule has 0 aromatic heterocycles. The van der Waals surface area contributed by atoms with Gasteiger partial charge < -0.3 is 14.9 Å². The number of sulfonamides is 1. The van der Waals surface area contributed by atoms with Crippen LogP contribution in [0.5, 0.6) is 5.75 Å². The van der Waals surface area contributed by atoms with Gasteiger partial charge in [0.05, 0.1) is 30.8 Å². The predicted octanol–water partition coefficient (Wildman–Crippen LogP) is -0.226. The van der Waals surface area contributed by atoms with Gasteiger partial charge in [0.25, 0.3) is 0 Å². The van der Waals surface area contributed by atoms with Gasteiger partial charge in [0.15, 0.2) is 0 Å². The number of hydrogen-bond acceptors (Lipinski definition) is 5. The summed E-state index contributed by atoms with van der Waals surface area (Å²) in [5, 5.41) is 18.4. The summed E-state index contributed by atoms with van der Waals surface area (Å²) in [6.07, 6.45) is 0. The molecule has 0 saturated carbocycles. The summed E-state index contributed by atoms with van der Waals surface area (Å²) in [6, 6.07) is 4.77. The van der Waals surface area contributed by atoms with Gasteiger partial charge in [-0.2, -0.15) is 4.31 Å². The summed E-state index contributed by atoms with van der Waals surface area (Å²) in [5.41, 5.74) is 0. The summed E-state index contributed by atoms with van der Waals surface area (Å²) >= 11 is 0. The lowest BCUT2D eigenvalue weighted by Gasteiger charge is -2.33. The second kappa shape index (κ2) is 5.23. The minimum absolute atomic E-state index is 0.00892. The highest BCUT2D eigenvalue weighted by molar-refractivity contribution is 7.89. The Morgan fingerprint density at radius 2 is 2.00 bits per heavy atom. The molecule has 100 valence electrons. The number of ether oxygens (including phenoxy) is 1. The molecule has 1 saturated heterocycles. The maximum Gasteiger partial charge on any atom is 0.243 e. The first-order valence-corrected chi connectivity index (χ1v) is 6.99. The van der Waals surface area contributed by atoms with Crippen LogP contribution in [0.4, 0.5) is 0 Å². The third kappa shape index (κ3) is 2.49. The summed E-state index contributed by atoms with van der Waals surface area (Å²) in [6.45, 7) is 0.438. The van der Waals surface area contributed by atoms with Gasteiger partial charge in [-0.05, 0) is 24.3 Å². The molecule has 1 atom stereocenters. The van der Waals surface area contributed by atoms with Crippen LogP contribution in [0.3, 0.4) is 0 Å². The average molecular weight is 273 g/mol. The second-order valence-electron chi connectivity index (χ2n) is 4.02. The Balaban J connectivity index is 2.32. The molecule has 1 fully saturated rings. The number of phenols is 1. The molecule has 6 nitrogen and oxygen atoms in total. The minimum Gasteiger partial charge on any atom is -0.508 e. The molecule has 1 aliphatic heterocycles. The topological polar surface area (TPSA) is 87.1 Å². The van der Waals surface area contributed by atoms with Crippen LogP contribution in [0.2, 0.25) is 0 Å². The third-order valence-electron chi connectivity index (χ3n) is 2.83. The van der Waals surface area contributed by atoms with Crippen LogP contribution in [0.15, 0.2) is 29.2 Å². The zero-order chi connectivity index (χ0) is 13.2. The molecule has 0 spiro atoms. The van der Waals surface area contributed by atoms with Crippen molar-refractivity contribution in [2.75, 3.05) is 26.4 Å². The molecule has 0 amide bonds. The molecule has 1 heterocycles. The second-order valence-corrected chi connectivity index (χ2v) is 5.91. The van der Waals surface area contributed by atoms with Crippen molar-refractivity contribution < 1.29 is 23.4 Å². The number of aliphatic hydroxyl groups excluding tert-OH is 1. The van der Waals surface area contributed by atoms with Crippen molar-refractivity contribution in [3.8, 4) is 5.75 Å². The summed E-state index contributed by atoms with van der Waals surface area (Å²) in [5.74, 6) is 0.00892. The van der Waals surface area contributed by atoms with Gasteiger partial charge in [0.1, 0.15) is 5.75 Å². The van der Waals surface area contributed by atoms with Crippen molar-refractivity contribution in [3.05, 3.63) is 24.3 Å². The van der Waals surface area contributed by atoms with Gasteiger partial charge in [0.2, 0.25) is 10.0 Å². The number of phenolic OH excluding ortho intramolecular Hbond substituents is 1. The third-order valence-corrected chi connectivity index (χ3v) is 4.79. The van der Waals surface area contributed by atoms with Gasteiger partial charge >= 0.3 is 0 Å². The summed E-state index contributed by atoms with van der Waals surface area (Å²) in [4.78, 5) is 0.0978. The van der Waals surface area contributed by atoms with Crippen LogP contribution >= 0.6 is 0 Å². The fraction of sp³-hybridized carbons (Fsp3) is 0.455. The van der Waals surface area contributed by atoms with E-state index in [0.717, 1.165) is 0 Å². The molecule has 0 radical (unpaired) electrons. The predicted molar refractivity (Wildman–Crippen MR) is 63.7 cm³/mol. The highest BCUT2D eigenvalue weighted by atomic mass is 32.2. The van der Waals surface area contributed by atoms with E-state index in [1.165, 1.54) is 28.6 Å². The quantitative estimate of drug-likeness (QED) is 0.794. The van der Waals surface area contributed by atoms with E-state index < -0.39 is 16.1 Å². The Bertz CT molecular complexity index is 499. The first-order chi connectivity index (χ1) is 8.55. The van der Waals surface area contributed by atoms with E-state index in [2.05, 4.69) is 0 Å². The van der Waals surface area contributed by atoms with E-state index >= 15 is 0 Å². The molecule has 0 bridgehead atoms. The molecule has 18 heavy (non-hydrogen) atoms. The Labute approximate surface area is 105 Å². The number of hydrogen-bond donors (Lipinski definition) is 2. The van der Waals surface area contributed by atoms with Crippen LogP contribution in [0.1, 0.15) is 0 Å². The first kappa shape index (κ1) is 13.3. The largest absolute Gasteiger partial charge is 0.508 e. The molecule has 2 rings (SSSR count). The number of benzene rings is 1. The van der Waals surface area contributed by atoms with Gasteiger partial charge in [-0.1, -0.05) is 0 Å². The molecular formula is C11H15NO5S. The minimum atomic E-state index is -3.66. The summed E-state index contributed by atoms with van der Waals surface area (Å²) in [7, 11) is -3.66. The van der Waals surface area contributed by atoms with Gasteiger partial charge in [0, 0.05) is 6.54 Å². The van der Waals surface area contributed by atoms with Crippen molar-refractivity contribution in [1.29, 1.82) is 0 Å². The van der Waals surface area contributed by atoms with Crippen LogP contribution in [-0.4, -0.2) is 55.3 Å². The SMILES string of the molecule is O=S(=O)(c1ccc(O)cc1)N1CCOCC1CO. The highest BCUT2D eigenvalue weighted by Gasteiger charge is 2.33. The molecule has 0 aliphatic carbocycles. The molecule has 1 unspecified atom stereocenters. The Morgan fingerprint density at radius 1 is 1.33 bits per heavy atom. The van der Waals surface area contributed by atoms with Gasteiger partial charge in [-0.25, -0.2) is 8.42 Å². The van der Waals surface area contributed by atoms with E-state index in [-0.39, 0.29) is 30.4 Å². The Morgan fingerprint density at radius 3 is 2.61 bits per heavy atom. The number of aromatic hydroxyl groups is 1. The zero-order valence-corrected chi connectivity index (χ0v) is 10.5. The first-order valence-electron chi connectivity index (χ1n) is 5.55. The van der Waals surface area contributed by atoms with E-state index in [4.69, 9.17) is 9.84 Å². The van der Waals surface area contributed by atoms with Crippen LogP contribution in [0.25, 0.3) is 0 Å². The lowest BCUT2D eigenvalue weighted by Crippen LogP contribution is -2.50. The van der Waals surface area contributed by atoms with Gasteiger partial charge in [-0.15, -0.1) is 0 Å². The molecule has 1 aromatic carbocycles. The molecule has 1 aromatic rings. The molecule has 2 N–H and O–H groups in total. The van der Waals surface area contributed by atoms with Crippen molar-refractivity contribution in [2.24, 2.45) is 0 Å². The van der Waals surface area contributed by atoms with Crippen LogP contribution < -0.4 is 0 Å². The number of rotatable bonds is 3. The summed E-state index contributed by atoms with van der Waals surface area (Å²) < 4.78 is 31.1. The fourth-order valence-corrected chi connectivity index (χ4v) is 3.44. The Kier molecular flexibility index (Phi) is 3.86. The van der Waals surface area contributed by atoms with Crippen molar-refractivity contribution in [3.63, 3.8) is 0 Å². The van der Waals surface area contributed by atoms with Crippen LogP contribution in [0, 0.1) is 0 Å². The normalized spacial score (nSPS) is 21.9. The fourth-order valence-electron chi connectivity index (χ4n) is 1.85. The average Bonchev–Trinajstić information content (AvgIpc) is 2.39. The Hall–Kier alpha value is -1.15. The zero-order valence-electron chi connectivity index (χ0n) is 9.69. The maximum atomic E-state index is 12.3. The van der Waals surface area contributed by atoms with E-state index in [1.807, 2.05) is 0 Å². The van der Waals surface area contributed by atoms with Crippen molar-refractivity contribution in [1.82, 2.24) is 4.31 Å². The lowest BCUT2D eigenvalue weighted by atomic mass is 10.3. The number of nitrogens with zero attached hydrogens (tertiary/aromatic N) is 1. The monoisotopic (exact) mass is 273 g/mol. The van der Waals surface area contributed by atoms with E-state index in [0.29, 0.717) is 6.61 Å². The lowest BCUT2D eigenvalue weighted by molar-refractivity contribution is 0.0109. The number of morpholine rings is 1. The van der Waals surface area contributed by atoms with Gasteiger partial charge in [-0.3, -0.25) is 0 Å². The smallest absolute Gasteiger partial charge is 0.243 e. The van der Waals surface area contributed by atoms with E-state index in [9.17, 15) is 13.5 Å². The standard InChI is InChI=1S/C11H15NO5S/c13-7-9-8-17-6-5-12(9)18(15,16)11-3-1-10(14)2-4-11/h1-4,9,13-14H,5-8H2. The molecule has 1 aliphatic rings. The number of aliphatic hydroxyl groups is 1. The molecule has 7 heteroatoms. The molecular weight excluding hydrogens is 258 g/mol. The van der Waals surface area contributed by atoms with Crippen LogP contribution in [-0.2, 0) is 14.8 Å². The van der Waals surface area contributed by atoms with E-state index in [1.54, 1.807) is 0 Å². The van der Waals surface area contributed by atoms with Crippen molar-refractivity contribution >= 4 is 10.0 Å². The maximum absolute atomic E-state index is 12.3. The highest BCUT2D eigenvalue weighted by Crippen LogP contribution is 2.22.